The number of piperazine rings is 1. The van der Waals surface area contributed by atoms with Crippen molar-refractivity contribution in [1.82, 2.24) is 4.90 Å². The number of anilines is 1. The van der Waals surface area contributed by atoms with Gasteiger partial charge >= 0.3 is 0 Å². The van der Waals surface area contributed by atoms with Crippen LogP contribution >= 0.6 is 0 Å². The van der Waals surface area contributed by atoms with Crippen LogP contribution in [-0.4, -0.2) is 42.7 Å². The number of rotatable bonds is 4. The van der Waals surface area contributed by atoms with Gasteiger partial charge in [-0.2, -0.15) is 5.26 Å². The predicted octanol–water partition coefficient (Wildman–Crippen LogP) is 2.41. The number of aliphatic hydroxyl groups excluding tert-OH is 1. The Kier molecular flexibility index (Phi) is 4.92. The second-order valence-corrected chi connectivity index (χ2v) is 5.84. The third-order valence-corrected chi connectivity index (χ3v) is 4.35. The van der Waals surface area contributed by atoms with Crippen molar-refractivity contribution in [2.75, 3.05) is 37.6 Å². The molecular weight excluding hydrogens is 286 g/mol. The van der Waals surface area contributed by atoms with Gasteiger partial charge in [0.1, 0.15) is 6.07 Å². The molecule has 1 aliphatic heterocycles. The largest absolute Gasteiger partial charge is 0.387 e. The first kappa shape index (κ1) is 15.5. The first-order chi connectivity index (χ1) is 11.3. The fourth-order valence-corrected chi connectivity index (χ4v) is 3.04. The first-order valence-electron chi connectivity index (χ1n) is 7.97. The monoisotopic (exact) mass is 307 g/mol. The van der Waals surface area contributed by atoms with E-state index < -0.39 is 6.10 Å². The zero-order valence-electron chi connectivity index (χ0n) is 13.1. The molecule has 1 heterocycles. The molecule has 1 unspecified atom stereocenters. The van der Waals surface area contributed by atoms with E-state index in [4.69, 9.17) is 0 Å². The molecule has 23 heavy (non-hydrogen) atoms. The summed E-state index contributed by atoms with van der Waals surface area (Å²) in [6.45, 7) is 4.19. The molecule has 0 bridgehead atoms. The average Bonchev–Trinajstić information content (AvgIpc) is 2.63. The van der Waals surface area contributed by atoms with Crippen LogP contribution in [0.2, 0.25) is 0 Å². The van der Waals surface area contributed by atoms with Crippen LogP contribution in [0.4, 0.5) is 5.69 Å². The summed E-state index contributed by atoms with van der Waals surface area (Å²) in [6.07, 6.45) is -0.450. The molecule has 0 aromatic heterocycles. The molecule has 1 aliphatic rings. The molecule has 0 aliphatic carbocycles. The van der Waals surface area contributed by atoms with Crippen LogP contribution in [0, 0.1) is 11.3 Å². The molecule has 4 nitrogen and oxygen atoms in total. The Morgan fingerprint density at radius 3 is 2.30 bits per heavy atom. The van der Waals surface area contributed by atoms with E-state index in [9.17, 15) is 10.4 Å². The normalized spacial score (nSPS) is 16.8. The number of nitrogens with zero attached hydrogens (tertiary/aromatic N) is 3. The molecule has 2 aromatic rings. The Labute approximate surface area is 137 Å². The van der Waals surface area contributed by atoms with Crippen LogP contribution in [0.5, 0.6) is 0 Å². The molecule has 1 saturated heterocycles. The van der Waals surface area contributed by atoms with Crippen molar-refractivity contribution in [2.24, 2.45) is 0 Å². The molecule has 1 fully saturated rings. The van der Waals surface area contributed by atoms with Crippen molar-refractivity contribution in [3.05, 3.63) is 65.7 Å². The maximum Gasteiger partial charge on any atom is 0.101 e. The molecule has 4 heteroatoms. The SMILES string of the molecule is N#Cc1ccccc1N1CCN(CC(O)c2ccccc2)CC1. The highest BCUT2D eigenvalue weighted by Crippen LogP contribution is 2.22. The number of aliphatic hydroxyl groups is 1. The van der Waals surface area contributed by atoms with E-state index >= 15 is 0 Å². The minimum atomic E-state index is -0.450. The van der Waals surface area contributed by atoms with Crippen molar-refractivity contribution < 1.29 is 5.11 Å². The van der Waals surface area contributed by atoms with Crippen LogP contribution in [0.25, 0.3) is 0 Å². The molecule has 1 N–H and O–H groups in total. The molecule has 0 amide bonds. The van der Waals surface area contributed by atoms with Gasteiger partial charge in [0.2, 0.25) is 0 Å². The zero-order valence-corrected chi connectivity index (χ0v) is 13.1. The summed E-state index contributed by atoms with van der Waals surface area (Å²) < 4.78 is 0. The summed E-state index contributed by atoms with van der Waals surface area (Å²) in [5, 5.41) is 19.6. The van der Waals surface area contributed by atoms with Crippen molar-refractivity contribution in [3.8, 4) is 6.07 Å². The lowest BCUT2D eigenvalue weighted by Gasteiger charge is -2.37. The maximum absolute atomic E-state index is 10.3. The Balaban J connectivity index is 1.58. The minimum absolute atomic E-state index is 0.450. The van der Waals surface area contributed by atoms with E-state index in [1.165, 1.54) is 0 Å². The third kappa shape index (κ3) is 3.70. The summed E-state index contributed by atoms with van der Waals surface area (Å²) in [5.74, 6) is 0. The van der Waals surface area contributed by atoms with Gasteiger partial charge in [-0.15, -0.1) is 0 Å². The zero-order chi connectivity index (χ0) is 16.1. The van der Waals surface area contributed by atoms with Crippen molar-refractivity contribution >= 4 is 5.69 Å². The summed E-state index contributed by atoms with van der Waals surface area (Å²) >= 11 is 0. The second-order valence-electron chi connectivity index (χ2n) is 5.84. The van der Waals surface area contributed by atoms with Gasteiger partial charge < -0.3 is 10.0 Å². The van der Waals surface area contributed by atoms with Gasteiger partial charge in [0.15, 0.2) is 0 Å². The molecule has 0 radical (unpaired) electrons. The molecule has 118 valence electrons. The fourth-order valence-electron chi connectivity index (χ4n) is 3.04. The predicted molar refractivity (Wildman–Crippen MR) is 91.2 cm³/mol. The topological polar surface area (TPSA) is 50.5 Å². The molecule has 0 saturated carbocycles. The Morgan fingerprint density at radius 2 is 1.61 bits per heavy atom. The number of benzene rings is 2. The van der Waals surface area contributed by atoms with E-state index in [-0.39, 0.29) is 0 Å². The van der Waals surface area contributed by atoms with Crippen LogP contribution in [0.1, 0.15) is 17.2 Å². The quantitative estimate of drug-likeness (QED) is 0.942. The van der Waals surface area contributed by atoms with Crippen molar-refractivity contribution in [2.45, 2.75) is 6.10 Å². The number of nitriles is 1. The summed E-state index contributed by atoms with van der Waals surface area (Å²) in [5.41, 5.74) is 2.70. The lowest BCUT2D eigenvalue weighted by Crippen LogP contribution is -2.47. The minimum Gasteiger partial charge on any atom is -0.387 e. The Hall–Kier alpha value is -2.35. The van der Waals surface area contributed by atoms with Gasteiger partial charge in [0.25, 0.3) is 0 Å². The van der Waals surface area contributed by atoms with E-state index in [1.807, 2.05) is 54.6 Å². The average molecular weight is 307 g/mol. The summed E-state index contributed by atoms with van der Waals surface area (Å²) in [7, 11) is 0. The highest BCUT2D eigenvalue weighted by atomic mass is 16.3. The smallest absolute Gasteiger partial charge is 0.101 e. The first-order valence-corrected chi connectivity index (χ1v) is 7.97. The number of β-amino-alcohol motifs (C(OH)–C–C–N with tert-alkyl or cyclic N) is 1. The number of para-hydroxylation sites is 1. The van der Waals surface area contributed by atoms with Gasteiger partial charge in [0, 0.05) is 32.7 Å². The van der Waals surface area contributed by atoms with Gasteiger partial charge in [-0.1, -0.05) is 42.5 Å². The van der Waals surface area contributed by atoms with Gasteiger partial charge in [0.05, 0.1) is 17.4 Å². The fraction of sp³-hybridized carbons (Fsp3) is 0.316. The number of hydrogen-bond donors (Lipinski definition) is 1. The molecule has 1 atom stereocenters. The van der Waals surface area contributed by atoms with E-state index in [0.29, 0.717) is 6.54 Å². The van der Waals surface area contributed by atoms with Crippen LogP contribution in [0.3, 0.4) is 0 Å². The van der Waals surface area contributed by atoms with Gasteiger partial charge in [-0.3, -0.25) is 4.90 Å². The Bertz CT molecular complexity index is 673. The van der Waals surface area contributed by atoms with E-state index in [0.717, 1.165) is 43.0 Å². The third-order valence-electron chi connectivity index (χ3n) is 4.35. The summed E-state index contributed by atoms with van der Waals surface area (Å²) in [4.78, 5) is 4.53. The summed E-state index contributed by atoms with van der Waals surface area (Å²) in [6, 6.07) is 19.8. The lowest BCUT2D eigenvalue weighted by atomic mass is 10.1. The van der Waals surface area contributed by atoms with Crippen molar-refractivity contribution in [1.29, 1.82) is 5.26 Å². The van der Waals surface area contributed by atoms with Crippen LogP contribution in [-0.2, 0) is 0 Å². The highest BCUT2D eigenvalue weighted by Gasteiger charge is 2.21. The number of hydrogen-bond acceptors (Lipinski definition) is 4. The van der Waals surface area contributed by atoms with Gasteiger partial charge in [-0.25, -0.2) is 0 Å². The van der Waals surface area contributed by atoms with Crippen molar-refractivity contribution in [3.63, 3.8) is 0 Å². The second kappa shape index (κ2) is 7.28. The lowest BCUT2D eigenvalue weighted by molar-refractivity contribution is 0.109. The highest BCUT2D eigenvalue weighted by molar-refractivity contribution is 5.59. The molecular formula is C19H21N3O. The molecule has 0 spiro atoms. The van der Waals surface area contributed by atoms with E-state index in [2.05, 4.69) is 15.9 Å². The standard InChI is InChI=1S/C19H21N3O/c20-14-17-8-4-5-9-18(17)22-12-10-21(11-13-22)15-19(23)16-6-2-1-3-7-16/h1-9,19,23H,10-13,15H2. The van der Waals surface area contributed by atoms with E-state index in [1.54, 1.807) is 0 Å². The molecule has 3 rings (SSSR count). The molecule has 2 aromatic carbocycles. The van der Waals surface area contributed by atoms with Crippen LogP contribution < -0.4 is 4.90 Å². The Morgan fingerprint density at radius 1 is 0.957 bits per heavy atom. The van der Waals surface area contributed by atoms with Crippen LogP contribution in [0.15, 0.2) is 54.6 Å². The van der Waals surface area contributed by atoms with Gasteiger partial charge in [-0.05, 0) is 17.7 Å². The maximum atomic E-state index is 10.3.